The first-order chi connectivity index (χ1) is 9.52. The van der Waals surface area contributed by atoms with Crippen LogP contribution in [0.15, 0.2) is 36.4 Å². The molecule has 2 aromatic carbocycles. The van der Waals surface area contributed by atoms with Gasteiger partial charge < -0.3 is 4.74 Å². The van der Waals surface area contributed by atoms with E-state index in [2.05, 4.69) is 0 Å². The molecule has 0 aliphatic carbocycles. The van der Waals surface area contributed by atoms with E-state index in [9.17, 15) is 10.1 Å². The van der Waals surface area contributed by atoms with Gasteiger partial charge in [0.1, 0.15) is 17.4 Å². The Morgan fingerprint density at radius 3 is 2.60 bits per heavy atom. The highest BCUT2D eigenvalue weighted by Crippen LogP contribution is 2.36. The Morgan fingerprint density at radius 2 is 1.95 bits per heavy atom. The normalized spacial score (nSPS) is 9.85. The fourth-order valence-corrected chi connectivity index (χ4v) is 1.91. The number of hydrogen-bond donors (Lipinski definition) is 0. The third-order valence-electron chi connectivity index (χ3n) is 2.42. The van der Waals surface area contributed by atoms with Crippen molar-refractivity contribution in [2.45, 2.75) is 0 Å². The molecule has 2 rings (SSSR count). The van der Waals surface area contributed by atoms with Crippen LogP contribution in [0.1, 0.15) is 5.56 Å². The van der Waals surface area contributed by atoms with E-state index in [1.807, 2.05) is 6.07 Å². The fourth-order valence-electron chi connectivity index (χ4n) is 1.54. The highest BCUT2D eigenvalue weighted by Gasteiger charge is 2.18. The zero-order valence-corrected chi connectivity index (χ0v) is 11.4. The summed E-state index contributed by atoms with van der Waals surface area (Å²) in [6.07, 6.45) is 0. The van der Waals surface area contributed by atoms with Crippen LogP contribution in [-0.4, -0.2) is 4.92 Å². The molecule has 0 bridgehead atoms. The number of nitro groups is 1. The van der Waals surface area contributed by atoms with E-state index in [0.29, 0.717) is 0 Å². The summed E-state index contributed by atoms with van der Waals surface area (Å²) in [7, 11) is 0. The fraction of sp³-hybridized carbons (Fsp3) is 0. The number of nitriles is 1. The summed E-state index contributed by atoms with van der Waals surface area (Å²) in [5, 5.41) is 20.4. The molecule has 2 aromatic rings. The molecule has 0 aliphatic rings. The van der Waals surface area contributed by atoms with Gasteiger partial charge in [-0.1, -0.05) is 29.3 Å². The molecule has 0 amide bonds. The van der Waals surface area contributed by atoms with Crippen molar-refractivity contribution in [3.63, 3.8) is 0 Å². The molecule has 0 unspecified atom stereocenters. The van der Waals surface area contributed by atoms with Gasteiger partial charge in [0.25, 0.3) is 0 Å². The molecule has 5 nitrogen and oxygen atoms in total. The minimum Gasteiger partial charge on any atom is -0.449 e. The lowest BCUT2D eigenvalue weighted by Gasteiger charge is -2.08. The van der Waals surface area contributed by atoms with E-state index in [1.165, 1.54) is 30.3 Å². The van der Waals surface area contributed by atoms with E-state index in [-0.39, 0.29) is 32.8 Å². The molecule has 0 spiro atoms. The van der Waals surface area contributed by atoms with E-state index in [1.54, 1.807) is 6.07 Å². The topological polar surface area (TPSA) is 76.2 Å². The first kappa shape index (κ1) is 14.1. The maximum Gasteiger partial charge on any atom is 0.313 e. The summed E-state index contributed by atoms with van der Waals surface area (Å²) in [6, 6.07) is 10.5. The first-order valence-electron chi connectivity index (χ1n) is 5.33. The zero-order chi connectivity index (χ0) is 14.7. The Labute approximate surface area is 124 Å². The summed E-state index contributed by atoms with van der Waals surface area (Å²) in [6.45, 7) is 0. The smallest absolute Gasteiger partial charge is 0.313 e. The molecule has 0 heterocycles. The van der Waals surface area contributed by atoms with Gasteiger partial charge in [0, 0.05) is 11.1 Å². The number of nitrogens with zero attached hydrogens (tertiary/aromatic N) is 2. The Kier molecular flexibility index (Phi) is 4.08. The molecule has 0 saturated carbocycles. The summed E-state index contributed by atoms with van der Waals surface area (Å²) in [5.74, 6) is 0.128. The Hall–Kier alpha value is -2.29. The molecule has 0 fully saturated rings. The van der Waals surface area contributed by atoms with Gasteiger partial charge in [-0.3, -0.25) is 10.1 Å². The molecule has 0 N–H and O–H groups in total. The lowest BCUT2D eigenvalue weighted by Crippen LogP contribution is -1.95. The van der Waals surface area contributed by atoms with Crippen LogP contribution in [0.3, 0.4) is 0 Å². The summed E-state index contributed by atoms with van der Waals surface area (Å²) >= 11 is 11.6. The lowest BCUT2D eigenvalue weighted by atomic mass is 10.2. The number of benzene rings is 2. The van der Waals surface area contributed by atoms with Crippen molar-refractivity contribution in [2.75, 3.05) is 0 Å². The van der Waals surface area contributed by atoms with E-state index in [4.69, 9.17) is 33.2 Å². The molecule has 0 saturated heterocycles. The number of nitro benzene ring substituents is 1. The molecule has 7 heteroatoms. The molecule has 100 valence electrons. The second-order valence-corrected chi connectivity index (χ2v) is 4.54. The molecular formula is C13H6Cl2N2O3. The van der Waals surface area contributed by atoms with Gasteiger partial charge in [0.15, 0.2) is 0 Å². The predicted octanol–water partition coefficient (Wildman–Crippen LogP) is 4.57. The van der Waals surface area contributed by atoms with Gasteiger partial charge in [-0.15, -0.1) is 0 Å². The Balaban J connectivity index is 2.49. The predicted molar refractivity (Wildman–Crippen MR) is 74.3 cm³/mol. The van der Waals surface area contributed by atoms with Gasteiger partial charge in [-0.25, -0.2) is 0 Å². The van der Waals surface area contributed by atoms with E-state index >= 15 is 0 Å². The van der Waals surface area contributed by atoms with E-state index < -0.39 is 4.92 Å². The minimum absolute atomic E-state index is 0.0156. The van der Waals surface area contributed by atoms with Crippen LogP contribution in [0, 0.1) is 21.4 Å². The molecule has 0 radical (unpaired) electrons. The maximum atomic E-state index is 11.0. The van der Waals surface area contributed by atoms with Gasteiger partial charge in [-0.2, -0.15) is 5.26 Å². The third kappa shape index (κ3) is 2.82. The third-order valence-corrected chi connectivity index (χ3v) is 2.97. The van der Waals surface area contributed by atoms with Gasteiger partial charge in [-0.05, 0) is 24.3 Å². The van der Waals surface area contributed by atoms with Crippen LogP contribution in [0.2, 0.25) is 10.0 Å². The van der Waals surface area contributed by atoms with Crippen molar-refractivity contribution in [1.82, 2.24) is 0 Å². The monoisotopic (exact) mass is 308 g/mol. The second kappa shape index (κ2) is 5.78. The van der Waals surface area contributed by atoms with Crippen LogP contribution >= 0.6 is 23.2 Å². The van der Waals surface area contributed by atoms with Crippen LogP contribution < -0.4 is 4.74 Å². The first-order valence-corrected chi connectivity index (χ1v) is 6.09. The average molecular weight is 309 g/mol. The summed E-state index contributed by atoms with van der Waals surface area (Å²) in [5.41, 5.74) is -0.181. The SMILES string of the molecule is N#Cc1c(Cl)cccc1Oc1ccc(Cl)cc1[N+](=O)[O-]. The lowest BCUT2D eigenvalue weighted by molar-refractivity contribution is -0.385. The van der Waals surface area contributed by atoms with Crippen LogP contribution in [0.5, 0.6) is 11.5 Å². The van der Waals surface area contributed by atoms with Crippen molar-refractivity contribution < 1.29 is 9.66 Å². The number of halogens is 2. The van der Waals surface area contributed by atoms with Gasteiger partial charge in [0.05, 0.1) is 9.95 Å². The van der Waals surface area contributed by atoms with Gasteiger partial charge in [0.2, 0.25) is 5.75 Å². The maximum absolute atomic E-state index is 11.0. The number of rotatable bonds is 3. The highest BCUT2D eigenvalue weighted by molar-refractivity contribution is 6.32. The zero-order valence-electron chi connectivity index (χ0n) is 9.84. The highest BCUT2D eigenvalue weighted by atomic mass is 35.5. The quantitative estimate of drug-likeness (QED) is 0.615. The van der Waals surface area contributed by atoms with Crippen molar-refractivity contribution in [3.8, 4) is 17.6 Å². The van der Waals surface area contributed by atoms with Crippen LogP contribution in [-0.2, 0) is 0 Å². The Bertz CT molecular complexity index is 726. The number of ether oxygens (including phenoxy) is 1. The summed E-state index contributed by atoms with van der Waals surface area (Å²) in [4.78, 5) is 10.3. The van der Waals surface area contributed by atoms with E-state index in [0.717, 1.165) is 0 Å². The van der Waals surface area contributed by atoms with Crippen LogP contribution in [0.25, 0.3) is 0 Å². The van der Waals surface area contributed by atoms with Crippen molar-refractivity contribution in [3.05, 3.63) is 62.1 Å². The molecule has 20 heavy (non-hydrogen) atoms. The largest absolute Gasteiger partial charge is 0.449 e. The minimum atomic E-state index is -0.613. The second-order valence-electron chi connectivity index (χ2n) is 3.70. The molecule has 0 aliphatic heterocycles. The summed E-state index contributed by atoms with van der Waals surface area (Å²) < 4.78 is 5.42. The Morgan fingerprint density at radius 1 is 1.20 bits per heavy atom. The average Bonchev–Trinajstić information content (AvgIpc) is 2.41. The van der Waals surface area contributed by atoms with Crippen molar-refractivity contribution >= 4 is 28.9 Å². The molecule has 0 atom stereocenters. The van der Waals surface area contributed by atoms with Crippen LogP contribution in [0.4, 0.5) is 5.69 Å². The molecule has 0 aromatic heterocycles. The van der Waals surface area contributed by atoms with Crippen molar-refractivity contribution in [1.29, 1.82) is 5.26 Å². The molecular weight excluding hydrogens is 303 g/mol. The standard InChI is InChI=1S/C13H6Cl2N2O3/c14-8-4-5-13(11(6-8)17(18)19)20-12-3-1-2-10(15)9(12)7-16/h1-6H. The van der Waals surface area contributed by atoms with Crippen molar-refractivity contribution in [2.24, 2.45) is 0 Å². The van der Waals surface area contributed by atoms with Gasteiger partial charge >= 0.3 is 5.69 Å². The number of hydrogen-bond acceptors (Lipinski definition) is 4.